The van der Waals surface area contributed by atoms with Crippen molar-refractivity contribution in [3.05, 3.63) is 29.3 Å². The van der Waals surface area contributed by atoms with Crippen molar-refractivity contribution < 1.29 is 0 Å². The zero-order valence-electron chi connectivity index (χ0n) is 7.49. The maximum atomic E-state index is 5.87. The Bertz CT molecular complexity index is 441. The molecule has 0 atom stereocenters. The number of hydrogen-bond acceptors (Lipinski definition) is 3. The SMILES string of the molecule is CSc1n[nH]c(-c2cccc(Cl)c2)n1. The first-order valence-corrected chi connectivity index (χ1v) is 5.62. The zero-order chi connectivity index (χ0) is 9.97. The highest BCUT2D eigenvalue weighted by molar-refractivity contribution is 7.98. The Morgan fingerprint density at radius 3 is 2.93 bits per heavy atom. The van der Waals surface area contributed by atoms with Gasteiger partial charge in [0.15, 0.2) is 5.82 Å². The van der Waals surface area contributed by atoms with Gasteiger partial charge in [-0.3, -0.25) is 5.10 Å². The van der Waals surface area contributed by atoms with Crippen LogP contribution in [0.25, 0.3) is 11.4 Å². The lowest BCUT2D eigenvalue weighted by Crippen LogP contribution is -1.79. The highest BCUT2D eigenvalue weighted by atomic mass is 35.5. The zero-order valence-corrected chi connectivity index (χ0v) is 9.06. The Hall–Kier alpha value is -1.00. The molecule has 1 N–H and O–H groups in total. The van der Waals surface area contributed by atoms with Crippen molar-refractivity contribution in [1.82, 2.24) is 15.2 Å². The van der Waals surface area contributed by atoms with Crippen LogP contribution in [0.2, 0.25) is 5.02 Å². The van der Waals surface area contributed by atoms with E-state index in [4.69, 9.17) is 11.6 Å². The minimum atomic E-state index is 0.699. The van der Waals surface area contributed by atoms with Crippen molar-refractivity contribution >= 4 is 23.4 Å². The third-order valence-electron chi connectivity index (χ3n) is 1.75. The number of hydrogen-bond donors (Lipinski definition) is 1. The summed E-state index contributed by atoms with van der Waals surface area (Å²) in [5.74, 6) is 0.747. The standard InChI is InChI=1S/C9H8ClN3S/c1-14-9-11-8(12-13-9)6-3-2-4-7(10)5-6/h2-5H,1H3,(H,11,12,13). The first-order chi connectivity index (χ1) is 6.79. The monoisotopic (exact) mass is 225 g/mol. The Labute approximate surface area is 90.9 Å². The summed E-state index contributed by atoms with van der Waals surface area (Å²) in [7, 11) is 0. The van der Waals surface area contributed by atoms with Gasteiger partial charge in [0.1, 0.15) is 0 Å². The van der Waals surface area contributed by atoms with Crippen LogP contribution in [-0.2, 0) is 0 Å². The van der Waals surface area contributed by atoms with E-state index in [0.29, 0.717) is 5.02 Å². The predicted molar refractivity (Wildman–Crippen MR) is 58.6 cm³/mol. The Balaban J connectivity index is 2.39. The van der Waals surface area contributed by atoms with Gasteiger partial charge in [-0.05, 0) is 18.4 Å². The third-order valence-corrected chi connectivity index (χ3v) is 2.53. The Morgan fingerprint density at radius 1 is 1.43 bits per heavy atom. The molecule has 0 bridgehead atoms. The number of H-pyrrole nitrogens is 1. The van der Waals surface area contributed by atoms with Crippen molar-refractivity contribution in [1.29, 1.82) is 0 Å². The molecule has 0 amide bonds. The maximum absolute atomic E-state index is 5.87. The van der Waals surface area contributed by atoms with Gasteiger partial charge in [0.2, 0.25) is 5.16 Å². The molecular formula is C9H8ClN3S. The molecule has 0 fully saturated rings. The lowest BCUT2D eigenvalue weighted by molar-refractivity contribution is 0.976. The summed E-state index contributed by atoms with van der Waals surface area (Å²) in [5, 5.41) is 8.32. The van der Waals surface area contributed by atoms with E-state index in [1.54, 1.807) is 0 Å². The highest BCUT2D eigenvalue weighted by Crippen LogP contribution is 2.20. The van der Waals surface area contributed by atoms with E-state index in [1.165, 1.54) is 11.8 Å². The summed E-state index contributed by atoms with van der Waals surface area (Å²) in [4.78, 5) is 4.28. The number of halogens is 1. The van der Waals surface area contributed by atoms with Crippen molar-refractivity contribution in [2.45, 2.75) is 5.16 Å². The fourth-order valence-electron chi connectivity index (χ4n) is 1.10. The first-order valence-electron chi connectivity index (χ1n) is 4.02. The predicted octanol–water partition coefficient (Wildman–Crippen LogP) is 2.85. The second-order valence-corrected chi connectivity index (χ2v) is 3.89. The average molecular weight is 226 g/mol. The lowest BCUT2D eigenvalue weighted by atomic mass is 10.2. The molecule has 0 aliphatic heterocycles. The van der Waals surface area contributed by atoms with Gasteiger partial charge in [0, 0.05) is 10.6 Å². The molecule has 0 aliphatic rings. The van der Waals surface area contributed by atoms with E-state index in [2.05, 4.69) is 15.2 Å². The van der Waals surface area contributed by atoms with Crippen molar-refractivity contribution in [3.63, 3.8) is 0 Å². The molecule has 5 heteroatoms. The number of aromatic nitrogens is 3. The number of nitrogens with zero attached hydrogens (tertiary/aromatic N) is 2. The van der Waals surface area contributed by atoms with Crippen LogP contribution in [0.5, 0.6) is 0 Å². The van der Waals surface area contributed by atoms with Gasteiger partial charge in [0.25, 0.3) is 0 Å². The molecule has 0 saturated heterocycles. The Morgan fingerprint density at radius 2 is 2.29 bits per heavy atom. The van der Waals surface area contributed by atoms with E-state index in [9.17, 15) is 0 Å². The Kier molecular flexibility index (Phi) is 2.74. The molecule has 3 nitrogen and oxygen atoms in total. The van der Waals surface area contributed by atoms with Crippen LogP contribution in [0.15, 0.2) is 29.4 Å². The maximum Gasteiger partial charge on any atom is 0.208 e. The summed E-state index contributed by atoms with van der Waals surface area (Å²) in [6.45, 7) is 0. The van der Waals surface area contributed by atoms with Crippen molar-refractivity contribution in [2.24, 2.45) is 0 Å². The van der Waals surface area contributed by atoms with Gasteiger partial charge in [0.05, 0.1) is 0 Å². The summed E-state index contributed by atoms with van der Waals surface area (Å²) in [6.07, 6.45) is 1.94. The molecule has 2 aromatic rings. The van der Waals surface area contributed by atoms with E-state index in [-0.39, 0.29) is 0 Å². The first kappa shape index (κ1) is 9.55. The summed E-state index contributed by atoms with van der Waals surface area (Å²) in [6, 6.07) is 7.51. The number of aromatic amines is 1. The van der Waals surface area contributed by atoms with E-state index in [0.717, 1.165) is 16.5 Å². The summed E-state index contributed by atoms with van der Waals surface area (Å²) >= 11 is 7.37. The lowest BCUT2D eigenvalue weighted by Gasteiger charge is -1.95. The molecule has 72 valence electrons. The van der Waals surface area contributed by atoms with Gasteiger partial charge in [-0.15, -0.1) is 5.10 Å². The molecule has 14 heavy (non-hydrogen) atoms. The van der Waals surface area contributed by atoms with E-state index in [1.807, 2.05) is 30.5 Å². The molecule has 0 unspecified atom stereocenters. The van der Waals surface area contributed by atoms with Crippen LogP contribution in [0, 0.1) is 0 Å². The second kappa shape index (κ2) is 4.02. The molecule has 0 radical (unpaired) electrons. The number of thioether (sulfide) groups is 1. The normalized spacial score (nSPS) is 10.4. The fourth-order valence-corrected chi connectivity index (χ4v) is 1.61. The van der Waals surface area contributed by atoms with Gasteiger partial charge in [-0.2, -0.15) is 0 Å². The molecular weight excluding hydrogens is 218 g/mol. The number of nitrogens with one attached hydrogen (secondary N) is 1. The molecule has 0 spiro atoms. The van der Waals surface area contributed by atoms with E-state index >= 15 is 0 Å². The quantitative estimate of drug-likeness (QED) is 0.800. The van der Waals surface area contributed by atoms with Crippen LogP contribution in [-0.4, -0.2) is 21.4 Å². The minimum absolute atomic E-state index is 0.699. The highest BCUT2D eigenvalue weighted by Gasteiger charge is 2.04. The minimum Gasteiger partial charge on any atom is -0.258 e. The van der Waals surface area contributed by atoms with Crippen molar-refractivity contribution in [3.8, 4) is 11.4 Å². The average Bonchev–Trinajstić information content (AvgIpc) is 2.66. The van der Waals surface area contributed by atoms with Crippen LogP contribution in [0.3, 0.4) is 0 Å². The van der Waals surface area contributed by atoms with Crippen LogP contribution >= 0.6 is 23.4 Å². The molecule has 1 heterocycles. The summed E-state index contributed by atoms with van der Waals surface area (Å²) < 4.78 is 0. The van der Waals surface area contributed by atoms with Gasteiger partial charge >= 0.3 is 0 Å². The van der Waals surface area contributed by atoms with Crippen molar-refractivity contribution in [2.75, 3.05) is 6.26 Å². The number of rotatable bonds is 2. The smallest absolute Gasteiger partial charge is 0.208 e. The molecule has 0 saturated carbocycles. The van der Waals surface area contributed by atoms with Crippen LogP contribution in [0.1, 0.15) is 0 Å². The molecule has 1 aromatic carbocycles. The second-order valence-electron chi connectivity index (χ2n) is 2.68. The van der Waals surface area contributed by atoms with Gasteiger partial charge in [-0.1, -0.05) is 35.5 Å². The molecule has 1 aromatic heterocycles. The van der Waals surface area contributed by atoms with Gasteiger partial charge < -0.3 is 0 Å². The van der Waals surface area contributed by atoms with E-state index < -0.39 is 0 Å². The molecule has 0 aliphatic carbocycles. The molecule has 2 rings (SSSR count). The third kappa shape index (κ3) is 1.91. The number of benzene rings is 1. The largest absolute Gasteiger partial charge is 0.258 e. The fraction of sp³-hybridized carbons (Fsp3) is 0.111. The van der Waals surface area contributed by atoms with Crippen LogP contribution < -0.4 is 0 Å². The van der Waals surface area contributed by atoms with Gasteiger partial charge in [-0.25, -0.2) is 4.98 Å². The summed E-state index contributed by atoms with van der Waals surface area (Å²) in [5.41, 5.74) is 0.949. The van der Waals surface area contributed by atoms with Crippen LogP contribution in [0.4, 0.5) is 0 Å². The topological polar surface area (TPSA) is 41.6 Å².